The molecule has 1 aliphatic rings. The molecule has 0 atom stereocenters. The molecule has 0 N–H and O–H groups in total. The highest BCUT2D eigenvalue weighted by atomic mass is 15.0. The lowest BCUT2D eigenvalue weighted by Gasteiger charge is -2.07. The molecule has 2 heterocycles. The van der Waals surface area contributed by atoms with Crippen molar-refractivity contribution in [3.8, 4) is 0 Å². The number of pyridine rings is 1. The molecule has 0 aliphatic heterocycles. The van der Waals surface area contributed by atoms with E-state index in [2.05, 4.69) is 59.1 Å². The van der Waals surface area contributed by atoms with Crippen molar-refractivity contribution in [1.82, 2.24) is 9.38 Å². The average molecular weight is 270 g/mol. The SMILES string of the molecule is C1=c2c(c3c(nc4ccccn43)c3ccccc23)=CCC1. The summed E-state index contributed by atoms with van der Waals surface area (Å²) in [5.74, 6) is 0. The Morgan fingerprint density at radius 2 is 1.57 bits per heavy atom. The summed E-state index contributed by atoms with van der Waals surface area (Å²) in [6.45, 7) is 0. The molecule has 0 saturated carbocycles. The molecule has 5 rings (SSSR count). The molecule has 0 fully saturated rings. The Bertz CT molecular complexity index is 1130. The normalized spacial score (nSPS) is 14.1. The molecular formula is C19H14N2. The lowest BCUT2D eigenvalue weighted by molar-refractivity contribution is 1.12. The molecule has 2 nitrogen and oxygen atoms in total. The zero-order valence-corrected chi connectivity index (χ0v) is 11.6. The Morgan fingerprint density at radius 1 is 0.810 bits per heavy atom. The van der Waals surface area contributed by atoms with Gasteiger partial charge in [-0.3, -0.25) is 4.40 Å². The summed E-state index contributed by atoms with van der Waals surface area (Å²) in [6.07, 6.45) is 9.09. The largest absolute Gasteiger partial charge is 0.299 e. The molecule has 2 aromatic carbocycles. The van der Waals surface area contributed by atoms with Crippen LogP contribution in [-0.2, 0) is 0 Å². The summed E-state index contributed by atoms with van der Waals surface area (Å²) >= 11 is 0. The summed E-state index contributed by atoms with van der Waals surface area (Å²) in [7, 11) is 0. The summed E-state index contributed by atoms with van der Waals surface area (Å²) in [5, 5.41) is 5.28. The van der Waals surface area contributed by atoms with Gasteiger partial charge in [0.25, 0.3) is 0 Å². The maximum atomic E-state index is 4.88. The summed E-state index contributed by atoms with van der Waals surface area (Å²) < 4.78 is 2.22. The third-order valence-corrected chi connectivity index (χ3v) is 4.41. The molecule has 0 radical (unpaired) electrons. The van der Waals surface area contributed by atoms with Gasteiger partial charge in [0.15, 0.2) is 0 Å². The van der Waals surface area contributed by atoms with Gasteiger partial charge in [-0.1, -0.05) is 42.5 Å². The van der Waals surface area contributed by atoms with Gasteiger partial charge >= 0.3 is 0 Å². The fraction of sp³-hybridized carbons (Fsp3) is 0.105. The van der Waals surface area contributed by atoms with Crippen LogP contribution in [0, 0.1) is 0 Å². The van der Waals surface area contributed by atoms with Gasteiger partial charge in [0, 0.05) is 16.8 Å². The zero-order valence-electron chi connectivity index (χ0n) is 11.6. The van der Waals surface area contributed by atoms with E-state index in [4.69, 9.17) is 4.98 Å². The van der Waals surface area contributed by atoms with Crippen molar-refractivity contribution in [1.29, 1.82) is 0 Å². The van der Waals surface area contributed by atoms with E-state index in [-0.39, 0.29) is 0 Å². The van der Waals surface area contributed by atoms with Crippen LogP contribution in [0.25, 0.3) is 39.6 Å². The Hall–Kier alpha value is -2.61. The Balaban J connectivity index is 2.25. The van der Waals surface area contributed by atoms with Gasteiger partial charge in [-0.2, -0.15) is 0 Å². The third kappa shape index (κ3) is 1.39. The van der Waals surface area contributed by atoms with Crippen LogP contribution in [0.5, 0.6) is 0 Å². The molecule has 0 amide bonds. The number of imidazole rings is 1. The second kappa shape index (κ2) is 3.95. The van der Waals surface area contributed by atoms with E-state index >= 15 is 0 Å². The highest BCUT2D eigenvalue weighted by molar-refractivity contribution is 6.06. The standard InChI is InChI=1S/C19H14N2/c1-3-9-15-13(7-1)14-8-2-4-10-16(14)19-18(15)20-17-11-5-6-12-21(17)19/h1,3,5-12H,2,4H2. The van der Waals surface area contributed by atoms with Crippen molar-refractivity contribution in [2.45, 2.75) is 12.8 Å². The topological polar surface area (TPSA) is 17.3 Å². The van der Waals surface area contributed by atoms with E-state index in [9.17, 15) is 0 Å². The smallest absolute Gasteiger partial charge is 0.137 e. The first-order valence-electron chi connectivity index (χ1n) is 7.41. The van der Waals surface area contributed by atoms with Crippen molar-refractivity contribution in [2.75, 3.05) is 0 Å². The van der Waals surface area contributed by atoms with Gasteiger partial charge in [-0.05, 0) is 35.6 Å². The molecule has 0 unspecified atom stereocenters. The summed E-state index contributed by atoms with van der Waals surface area (Å²) in [6, 6.07) is 14.8. The lowest BCUT2D eigenvalue weighted by atomic mass is 9.99. The van der Waals surface area contributed by atoms with Crippen LogP contribution in [0.2, 0.25) is 0 Å². The van der Waals surface area contributed by atoms with E-state index in [1.54, 1.807) is 0 Å². The summed E-state index contributed by atoms with van der Waals surface area (Å²) in [4.78, 5) is 4.88. The quantitative estimate of drug-likeness (QED) is 0.480. The van der Waals surface area contributed by atoms with E-state index < -0.39 is 0 Å². The number of hydrogen-bond acceptors (Lipinski definition) is 1. The number of benzene rings is 2. The van der Waals surface area contributed by atoms with Crippen molar-refractivity contribution in [3.63, 3.8) is 0 Å². The van der Waals surface area contributed by atoms with Gasteiger partial charge in [-0.25, -0.2) is 4.98 Å². The van der Waals surface area contributed by atoms with E-state index in [1.165, 1.54) is 26.7 Å². The minimum atomic E-state index is 1.02. The predicted octanol–water partition coefficient (Wildman–Crippen LogP) is 3.00. The number of rotatable bonds is 0. The van der Waals surface area contributed by atoms with Gasteiger partial charge < -0.3 is 0 Å². The summed E-state index contributed by atoms with van der Waals surface area (Å²) in [5.41, 5.74) is 3.38. The van der Waals surface area contributed by atoms with E-state index in [1.807, 2.05) is 6.07 Å². The van der Waals surface area contributed by atoms with Crippen LogP contribution in [-0.4, -0.2) is 9.38 Å². The Kier molecular flexibility index (Phi) is 2.09. The maximum absolute atomic E-state index is 4.88. The first-order chi connectivity index (χ1) is 10.4. The van der Waals surface area contributed by atoms with Crippen LogP contribution < -0.4 is 10.4 Å². The van der Waals surface area contributed by atoms with Gasteiger partial charge in [0.1, 0.15) is 5.65 Å². The van der Waals surface area contributed by atoms with Gasteiger partial charge in [0.2, 0.25) is 0 Å². The molecule has 4 aromatic rings. The maximum Gasteiger partial charge on any atom is 0.137 e. The molecule has 2 aromatic heterocycles. The molecule has 1 aliphatic carbocycles. The van der Waals surface area contributed by atoms with Crippen molar-refractivity contribution < 1.29 is 0 Å². The minimum Gasteiger partial charge on any atom is -0.299 e. The Morgan fingerprint density at radius 3 is 2.48 bits per heavy atom. The fourth-order valence-corrected chi connectivity index (χ4v) is 3.52. The van der Waals surface area contributed by atoms with E-state index in [0.717, 1.165) is 24.0 Å². The number of fused-ring (bicyclic) bond motifs is 8. The first-order valence-corrected chi connectivity index (χ1v) is 7.41. The van der Waals surface area contributed by atoms with Crippen LogP contribution in [0.4, 0.5) is 0 Å². The van der Waals surface area contributed by atoms with Crippen LogP contribution >= 0.6 is 0 Å². The van der Waals surface area contributed by atoms with Crippen LogP contribution in [0.3, 0.4) is 0 Å². The molecular weight excluding hydrogens is 256 g/mol. The molecule has 0 bridgehead atoms. The van der Waals surface area contributed by atoms with Crippen molar-refractivity contribution in [2.24, 2.45) is 0 Å². The Labute approximate surface area is 121 Å². The second-order valence-electron chi connectivity index (χ2n) is 5.60. The predicted molar refractivity (Wildman–Crippen MR) is 87.6 cm³/mol. The number of aromatic nitrogens is 2. The second-order valence-corrected chi connectivity index (χ2v) is 5.60. The zero-order chi connectivity index (χ0) is 13.8. The van der Waals surface area contributed by atoms with Crippen molar-refractivity contribution in [3.05, 3.63) is 59.1 Å². The van der Waals surface area contributed by atoms with Gasteiger partial charge in [0.05, 0.1) is 11.0 Å². The van der Waals surface area contributed by atoms with Crippen LogP contribution in [0.1, 0.15) is 12.8 Å². The molecule has 2 heteroatoms. The first kappa shape index (κ1) is 11.1. The fourth-order valence-electron chi connectivity index (χ4n) is 3.52. The van der Waals surface area contributed by atoms with Crippen LogP contribution in [0.15, 0.2) is 48.7 Å². The highest BCUT2D eigenvalue weighted by Crippen LogP contribution is 2.22. The minimum absolute atomic E-state index is 1.02. The monoisotopic (exact) mass is 270 g/mol. The molecule has 21 heavy (non-hydrogen) atoms. The number of nitrogens with zero attached hydrogens (tertiary/aromatic N) is 2. The van der Waals surface area contributed by atoms with E-state index in [0.29, 0.717) is 0 Å². The lowest BCUT2D eigenvalue weighted by Crippen LogP contribution is -2.29. The van der Waals surface area contributed by atoms with Crippen molar-refractivity contribution >= 4 is 39.6 Å². The van der Waals surface area contributed by atoms with Gasteiger partial charge in [-0.15, -0.1) is 0 Å². The molecule has 100 valence electrons. The highest BCUT2D eigenvalue weighted by Gasteiger charge is 2.12. The number of hydrogen-bond donors (Lipinski definition) is 0. The third-order valence-electron chi connectivity index (χ3n) is 4.41. The molecule has 0 saturated heterocycles. The average Bonchev–Trinajstić information content (AvgIpc) is 2.95. The molecule has 0 spiro atoms.